The van der Waals surface area contributed by atoms with Crippen molar-refractivity contribution in [1.29, 1.82) is 0 Å². The summed E-state index contributed by atoms with van der Waals surface area (Å²) in [6.07, 6.45) is -0.0385. The molecule has 0 saturated heterocycles. The lowest BCUT2D eigenvalue weighted by molar-refractivity contribution is -0.118. The third-order valence-corrected chi connectivity index (χ3v) is 2.88. The average Bonchev–Trinajstić information content (AvgIpc) is 2.38. The first-order valence-electron chi connectivity index (χ1n) is 6.45. The van der Waals surface area contributed by atoms with Crippen molar-refractivity contribution in [2.75, 3.05) is 19.0 Å². The summed E-state index contributed by atoms with van der Waals surface area (Å²) in [4.78, 5) is 11.8. The predicted octanol–water partition coefficient (Wildman–Crippen LogP) is 2.43. The van der Waals surface area contributed by atoms with E-state index in [0.717, 1.165) is 0 Å². The topological polar surface area (TPSA) is 73.6 Å². The number of amides is 1. The molecule has 1 unspecified atom stereocenters. The lowest BCUT2D eigenvalue weighted by Gasteiger charge is -2.14. The summed E-state index contributed by atoms with van der Waals surface area (Å²) in [6, 6.07) is 5.13. The summed E-state index contributed by atoms with van der Waals surface area (Å²) in [6.45, 7) is 4.14. The Kier molecular flexibility index (Phi) is 6.78. The molecule has 0 heterocycles. The fraction of sp³-hybridized carbons (Fsp3) is 0.500. The quantitative estimate of drug-likeness (QED) is 0.811. The van der Waals surface area contributed by atoms with Gasteiger partial charge in [-0.1, -0.05) is 11.6 Å². The predicted molar refractivity (Wildman–Crippen MR) is 80.3 cm³/mol. The number of carbonyl (C=O) groups is 1. The normalized spacial score (nSPS) is 12.3. The number of rotatable bonds is 7. The minimum atomic E-state index is -0.283. The minimum Gasteiger partial charge on any atom is -0.489 e. The van der Waals surface area contributed by atoms with E-state index in [1.165, 1.54) is 7.11 Å². The fourth-order valence-corrected chi connectivity index (χ4v) is 1.83. The van der Waals surface area contributed by atoms with Crippen molar-refractivity contribution in [3.63, 3.8) is 0 Å². The molecule has 1 amide bonds. The number of benzene rings is 1. The van der Waals surface area contributed by atoms with E-state index in [9.17, 15) is 4.79 Å². The first-order valence-corrected chi connectivity index (χ1v) is 6.83. The number of methoxy groups -OCH3 is 1. The first kappa shape index (κ1) is 16.8. The average molecular weight is 301 g/mol. The number of nitrogens with one attached hydrogen (secondary N) is 1. The largest absolute Gasteiger partial charge is 0.489 e. The van der Waals surface area contributed by atoms with Crippen LogP contribution < -0.4 is 15.8 Å². The summed E-state index contributed by atoms with van der Waals surface area (Å²) in [5.41, 5.74) is 6.09. The highest BCUT2D eigenvalue weighted by Crippen LogP contribution is 2.28. The summed E-state index contributed by atoms with van der Waals surface area (Å²) in [5.74, 6) is 0.423. The standard InChI is InChI=1S/C14H21ClN2O3/c1-9(2)20-13-5-4-10(6-12(13)15)17-14(18)7-11(8-16)19-3/h4-6,9,11H,7-8,16H2,1-3H3,(H,17,18). The second-order valence-corrected chi connectivity index (χ2v) is 5.06. The molecule has 0 aliphatic heterocycles. The maximum atomic E-state index is 11.8. The number of carbonyl (C=O) groups excluding carboxylic acids is 1. The van der Waals surface area contributed by atoms with Gasteiger partial charge in [-0.3, -0.25) is 4.79 Å². The maximum Gasteiger partial charge on any atom is 0.227 e. The molecule has 0 aliphatic rings. The van der Waals surface area contributed by atoms with Crippen molar-refractivity contribution >= 4 is 23.2 Å². The number of ether oxygens (including phenoxy) is 2. The lowest BCUT2D eigenvalue weighted by Crippen LogP contribution is -2.28. The summed E-state index contributed by atoms with van der Waals surface area (Å²) in [5, 5.41) is 3.20. The number of halogens is 1. The molecule has 0 aliphatic carbocycles. The van der Waals surface area contributed by atoms with Crippen LogP contribution in [0.15, 0.2) is 18.2 Å². The Hall–Kier alpha value is -1.30. The first-order chi connectivity index (χ1) is 9.46. The van der Waals surface area contributed by atoms with E-state index >= 15 is 0 Å². The van der Waals surface area contributed by atoms with Crippen molar-refractivity contribution in [3.05, 3.63) is 23.2 Å². The summed E-state index contributed by atoms with van der Waals surface area (Å²) >= 11 is 6.10. The molecule has 1 atom stereocenters. The summed E-state index contributed by atoms with van der Waals surface area (Å²) < 4.78 is 10.6. The van der Waals surface area contributed by atoms with Gasteiger partial charge in [0.15, 0.2) is 0 Å². The van der Waals surface area contributed by atoms with Gasteiger partial charge < -0.3 is 20.5 Å². The SMILES string of the molecule is COC(CN)CC(=O)Nc1ccc(OC(C)C)c(Cl)c1. The van der Waals surface area contributed by atoms with E-state index in [0.29, 0.717) is 23.0 Å². The highest BCUT2D eigenvalue weighted by Gasteiger charge is 2.12. The second kappa shape index (κ2) is 8.09. The van der Waals surface area contributed by atoms with Crippen molar-refractivity contribution in [3.8, 4) is 5.75 Å². The Balaban J connectivity index is 2.64. The molecular weight excluding hydrogens is 280 g/mol. The maximum absolute atomic E-state index is 11.8. The highest BCUT2D eigenvalue weighted by molar-refractivity contribution is 6.32. The third-order valence-electron chi connectivity index (χ3n) is 2.59. The molecule has 0 bridgehead atoms. The Labute approximate surface area is 124 Å². The lowest BCUT2D eigenvalue weighted by atomic mass is 10.2. The molecule has 5 nitrogen and oxygen atoms in total. The van der Waals surface area contributed by atoms with Crippen LogP contribution >= 0.6 is 11.6 Å². The number of hydrogen-bond acceptors (Lipinski definition) is 4. The minimum absolute atomic E-state index is 0.0416. The third kappa shape index (κ3) is 5.36. The Morgan fingerprint density at radius 3 is 2.65 bits per heavy atom. The van der Waals surface area contributed by atoms with Crippen LogP contribution in [0.5, 0.6) is 5.75 Å². The van der Waals surface area contributed by atoms with Crippen LogP contribution in [-0.4, -0.2) is 31.8 Å². The van der Waals surface area contributed by atoms with Gasteiger partial charge in [0.1, 0.15) is 5.75 Å². The molecule has 0 spiro atoms. The van der Waals surface area contributed by atoms with Crippen molar-refractivity contribution < 1.29 is 14.3 Å². The van der Waals surface area contributed by atoms with Gasteiger partial charge in [-0.05, 0) is 32.0 Å². The zero-order valence-corrected chi connectivity index (χ0v) is 12.7. The highest BCUT2D eigenvalue weighted by atomic mass is 35.5. The molecule has 1 aromatic rings. The molecule has 20 heavy (non-hydrogen) atoms. The van der Waals surface area contributed by atoms with E-state index in [1.807, 2.05) is 13.8 Å². The van der Waals surface area contributed by atoms with E-state index in [2.05, 4.69) is 5.32 Å². The van der Waals surface area contributed by atoms with E-state index in [-0.39, 0.29) is 24.5 Å². The molecule has 3 N–H and O–H groups in total. The molecule has 1 aromatic carbocycles. The van der Waals surface area contributed by atoms with Crippen molar-refractivity contribution in [2.45, 2.75) is 32.5 Å². The van der Waals surface area contributed by atoms with Crippen LogP contribution in [0.1, 0.15) is 20.3 Å². The van der Waals surface area contributed by atoms with Gasteiger partial charge in [-0.15, -0.1) is 0 Å². The van der Waals surface area contributed by atoms with Gasteiger partial charge >= 0.3 is 0 Å². The molecule has 0 aromatic heterocycles. The van der Waals surface area contributed by atoms with Crippen LogP contribution in [0.2, 0.25) is 5.02 Å². The Bertz CT molecular complexity index is 448. The van der Waals surface area contributed by atoms with Crippen molar-refractivity contribution in [2.24, 2.45) is 5.73 Å². The van der Waals surface area contributed by atoms with E-state index < -0.39 is 0 Å². The Morgan fingerprint density at radius 1 is 1.45 bits per heavy atom. The van der Waals surface area contributed by atoms with Crippen LogP contribution in [0.4, 0.5) is 5.69 Å². The molecule has 0 saturated carbocycles. The van der Waals surface area contributed by atoms with Gasteiger partial charge in [0.25, 0.3) is 0 Å². The molecule has 112 valence electrons. The molecule has 0 fully saturated rings. The van der Waals surface area contributed by atoms with Gasteiger partial charge in [0, 0.05) is 19.3 Å². The number of nitrogens with two attached hydrogens (primary N) is 1. The number of hydrogen-bond donors (Lipinski definition) is 2. The van der Waals surface area contributed by atoms with Crippen LogP contribution in [0.3, 0.4) is 0 Å². The molecule has 6 heteroatoms. The van der Waals surface area contributed by atoms with E-state index in [4.69, 9.17) is 26.8 Å². The van der Waals surface area contributed by atoms with Gasteiger partial charge in [-0.25, -0.2) is 0 Å². The van der Waals surface area contributed by atoms with E-state index in [1.54, 1.807) is 18.2 Å². The van der Waals surface area contributed by atoms with Crippen LogP contribution in [-0.2, 0) is 9.53 Å². The summed E-state index contributed by atoms with van der Waals surface area (Å²) in [7, 11) is 1.53. The zero-order chi connectivity index (χ0) is 15.1. The Morgan fingerprint density at radius 2 is 2.15 bits per heavy atom. The molecule has 0 radical (unpaired) electrons. The number of anilines is 1. The van der Waals surface area contributed by atoms with Gasteiger partial charge in [0.2, 0.25) is 5.91 Å². The smallest absolute Gasteiger partial charge is 0.227 e. The van der Waals surface area contributed by atoms with Gasteiger partial charge in [0.05, 0.1) is 23.7 Å². The molecular formula is C14H21ClN2O3. The van der Waals surface area contributed by atoms with Gasteiger partial charge in [-0.2, -0.15) is 0 Å². The van der Waals surface area contributed by atoms with Crippen molar-refractivity contribution in [1.82, 2.24) is 0 Å². The van der Waals surface area contributed by atoms with Crippen LogP contribution in [0, 0.1) is 0 Å². The van der Waals surface area contributed by atoms with Crippen LogP contribution in [0.25, 0.3) is 0 Å². The second-order valence-electron chi connectivity index (χ2n) is 4.66. The molecule has 1 rings (SSSR count). The monoisotopic (exact) mass is 300 g/mol. The zero-order valence-electron chi connectivity index (χ0n) is 12.0. The fourth-order valence-electron chi connectivity index (χ4n) is 1.61.